The highest BCUT2D eigenvalue weighted by molar-refractivity contribution is 6.50. The number of benzene rings is 2. The maximum absolute atomic E-state index is 6.32. The molecule has 2 aromatic carbocycles. The van der Waals surface area contributed by atoms with Gasteiger partial charge in [-0.15, -0.1) is 0 Å². The first-order chi connectivity index (χ1) is 10.0. The first-order valence-corrected chi connectivity index (χ1v) is 8.17. The van der Waals surface area contributed by atoms with Gasteiger partial charge in [-0.25, -0.2) is 0 Å². The number of aryl methyl sites for hydroxylation is 1. The van der Waals surface area contributed by atoms with E-state index in [2.05, 4.69) is 17.4 Å². The molecule has 1 unspecified atom stereocenters. The van der Waals surface area contributed by atoms with E-state index in [0.717, 1.165) is 18.4 Å². The summed E-state index contributed by atoms with van der Waals surface area (Å²) in [5.41, 5.74) is 4.30. The summed E-state index contributed by atoms with van der Waals surface area (Å²) in [6.45, 7) is 0. The van der Waals surface area contributed by atoms with Crippen LogP contribution in [0.15, 0.2) is 24.3 Å². The van der Waals surface area contributed by atoms with Crippen molar-refractivity contribution in [2.75, 3.05) is 7.05 Å². The third-order valence-corrected chi connectivity index (χ3v) is 5.54. The molecule has 5 heteroatoms. The van der Waals surface area contributed by atoms with Gasteiger partial charge in [-0.2, -0.15) is 0 Å². The van der Waals surface area contributed by atoms with Gasteiger partial charge in [0.05, 0.1) is 20.1 Å². The molecular formula is C16H13Cl4N. The van der Waals surface area contributed by atoms with Crippen LogP contribution >= 0.6 is 46.4 Å². The van der Waals surface area contributed by atoms with E-state index < -0.39 is 0 Å². The van der Waals surface area contributed by atoms with Crippen LogP contribution in [-0.2, 0) is 6.42 Å². The molecule has 1 atom stereocenters. The zero-order valence-corrected chi connectivity index (χ0v) is 14.3. The summed E-state index contributed by atoms with van der Waals surface area (Å²) in [4.78, 5) is 0. The van der Waals surface area contributed by atoms with Crippen LogP contribution in [0.2, 0.25) is 20.1 Å². The molecule has 1 aliphatic rings. The lowest BCUT2D eigenvalue weighted by Crippen LogP contribution is -2.12. The molecule has 110 valence electrons. The fourth-order valence-electron chi connectivity index (χ4n) is 2.90. The van der Waals surface area contributed by atoms with E-state index in [1.165, 1.54) is 11.1 Å². The first-order valence-electron chi connectivity index (χ1n) is 6.66. The van der Waals surface area contributed by atoms with Gasteiger partial charge in [0, 0.05) is 11.6 Å². The van der Waals surface area contributed by atoms with Crippen molar-refractivity contribution >= 4 is 46.4 Å². The molecule has 0 fully saturated rings. The van der Waals surface area contributed by atoms with Crippen LogP contribution in [0.4, 0.5) is 0 Å². The molecule has 0 heterocycles. The Balaban J connectivity index is 2.15. The molecule has 0 spiro atoms. The van der Waals surface area contributed by atoms with Crippen molar-refractivity contribution in [3.63, 3.8) is 0 Å². The second-order valence-corrected chi connectivity index (χ2v) is 6.71. The number of halogens is 4. The Hall–Kier alpha value is -0.440. The maximum Gasteiger partial charge on any atom is 0.0686 e. The standard InChI is InChI=1S/C16H13Cl4N/c1-21-13-5-3-8-6-9(2-4-10(8)13)14-15(19)11(17)7-12(18)16(14)20/h2,4,6-7,13,21H,3,5H2,1H3. The Morgan fingerprint density at radius 2 is 1.67 bits per heavy atom. The Labute approximate surface area is 144 Å². The number of nitrogens with one attached hydrogen (secondary N) is 1. The Bertz CT molecular complexity index is 686. The lowest BCUT2D eigenvalue weighted by atomic mass is 9.99. The first kappa shape index (κ1) is 15.5. The van der Waals surface area contributed by atoms with Gasteiger partial charge in [-0.05, 0) is 42.6 Å². The van der Waals surface area contributed by atoms with Crippen LogP contribution in [0.5, 0.6) is 0 Å². The Kier molecular flexibility index (Phi) is 4.40. The molecule has 0 amide bonds. The Morgan fingerprint density at radius 1 is 1.00 bits per heavy atom. The molecular weight excluding hydrogens is 348 g/mol. The average Bonchev–Trinajstić information content (AvgIpc) is 2.88. The molecule has 21 heavy (non-hydrogen) atoms. The van der Waals surface area contributed by atoms with Gasteiger partial charge >= 0.3 is 0 Å². The predicted molar refractivity (Wildman–Crippen MR) is 92.0 cm³/mol. The van der Waals surface area contributed by atoms with Crippen LogP contribution in [0.25, 0.3) is 11.1 Å². The van der Waals surface area contributed by atoms with E-state index in [0.29, 0.717) is 31.7 Å². The van der Waals surface area contributed by atoms with E-state index >= 15 is 0 Å². The largest absolute Gasteiger partial charge is 0.313 e. The SMILES string of the molecule is CNC1CCc2cc(-c3c(Cl)c(Cl)cc(Cl)c3Cl)ccc21. The van der Waals surface area contributed by atoms with E-state index in [1.54, 1.807) is 6.07 Å². The summed E-state index contributed by atoms with van der Waals surface area (Å²) in [5, 5.41) is 5.03. The second kappa shape index (κ2) is 5.98. The quantitative estimate of drug-likeness (QED) is 0.631. The van der Waals surface area contributed by atoms with E-state index in [4.69, 9.17) is 46.4 Å². The summed E-state index contributed by atoms with van der Waals surface area (Å²) >= 11 is 24.9. The van der Waals surface area contributed by atoms with Gasteiger partial charge < -0.3 is 5.32 Å². The molecule has 3 rings (SSSR count). The minimum Gasteiger partial charge on any atom is -0.313 e. The van der Waals surface area contributed by atoms with E-state index in [1.807, 2.05) is 13.1 Å². The smallest absolute Gasteiger partial charge is 0.0686 e. The zero-order chi connectivity index (χ0) is 15.1. The lowest BCUT2D eigenvalue weighted by molar-refractivity contribution is 0.590. The van der Waals surface area contributed by atoms with Gasteiger partial charge in [-0.3, -0.25) is 0 Å². The summed E-state index contributed by atoms with van der Waals surface area (Å²) < 4.78 is 0. The fraction of sp³-hybridized carbons (Fsp3) is 0.250. The summed E-state index contributed by atoms with van der Waals surface area (Å²) in [6.07, 6.45) is 2.14. The van der Waals surface area contributed by atoms with Gasteiger partial charge in [0.2, 0.25) is 0 Å². The van der Waals surface area contributed by atoms with Gasteiger partial charge in [-0.1, -0.05) is 64.6 Å². The zero-order valence-electron chi connectivity index (χ0n) is 11.3. The van der Waals surface area contributed by atoms with Crippen LogP contribution < -0.4 is 5.32 Å². The van der Waals surface area contributed by atoms with Gasteiger partial charge in [0.15, 0.2) is 0 Å². The maximum atomic E-state index is 6.32. The van der Waals surface area contributed by atoms with Crippen molar-refractivity contribution in [2.45, 2.75) is 18.9 Å². The third-order valence-electron chi connectivity index (χ3n) is 3.97. The summed E-state index contributed by atoms with van der Waals surface area (Å²) in [6, 6.07) is 8.27. The number of rotatable bonds is 2. The topological polar surface area (TPSA) is 12.0 Å². The van der Waals surface area contributed by atoms with Crippen LogP contribution in [-0.4, -0.2) is 7.05 Å². The minimum atomic E-state index is 0.412. The highest BCUT2D eigenvalue weighted by Crippen LogP contribution is 2.44. The van der Waals surface area contributed by atoms with E-state index in [-0.39, 0.29) is 0 Å². The minimum absolute atomic E-state index is 0.412. The number of hydrogen-bond acceptors (Lipinski definition) is 1. The fourth-order valence-corrected chi connectivity index (χ4v) is 3.93. The van der Waals surface area contributed by atoms with Crippen molar-refractivity contribution in [2.24, 2.45) is 0 Å². The monoisotopic (exact) mass is 359 g/mol. The van der Waals surface area contributed by atoms with Gasteiger partial charge in [0.1, 0.15) is 0 Å². The predicted octanol–water partition coefficient (Wildman–Crippen LogP) is 6.17. The molecule has 0 aromatic heterocycles. The third kappa shape index (κ3) is 2.67. The molecule has 1 N–H and O–H groups in total. The summed E-state index contributed by atoms with van der Waals surface area (Å²) in [7, 11) is 1.98. The van der Waals surface area contributed by atoms with Crippen LogP contribution in [0.3, 0.4) is 0 Å². The van der Waals surface area contributed by atoms with Crippen molar-refractivity contribution in [3.05, 3.63) is 55.5 Å². The second-order valence-electron chi connectivity index (χ2n) is 5.14. The molecule has 1 nitrogen and oxygen atoms in total. The van der Waals surface area contributed by atoms with Crippen LogP contribution in [0.1, 0.15) is 23.6 Å². The molecule has 0 bridgehead atoms. The number of hydrogen-bond donors (Lipinski definition) is 1. The molecule has 0 aliphatic heterocycles. The van der Waals surface area contributed by atoms with Gasteiger partial charge in [0.25, 0.3) is 0 Å². The van der Waals surface area contributed by atoms with Crippen molar-refractivity contribution in [1.29, 1.82) is 0 Å². The van der Waals surface area contributed by atoms with Crippen molar-refractivity contribution < 1.29 is 0 Å². The molecule has 0 saturated carbocycles. The Morgan fingerprint density at radius 3 is 2.29 bits per heavy atom. The van der Waals surface area contributed by atoms with E-state index in [9.17, 15) is 0 Å². The highest BCUT2D eigenvalue weighted by Gasteiger charge is 2.23. The summed E-state index contributed by atoms with van der Waals surface area (Å²) in [5.74, 6) is 0. The molecule has 0 radical (unpaired) electrons. The molecule has 1 aliphatic carbocycles. The highest BCUT2D eigenvalue weighted by atomic mass is 35.5. The van der Waals surface area contributed by atoms with Crippen LogP contribution in [0, 0.1) is 0 Å². The van der Waals surface area contributed by atoms with Crippen molar-refractivity contribution in [3.8, 4) is 11.1 Å². The molecule has 0 saturated heterocycles. The average molecular weight is 361 g/mol. The molecule has 2 aromatic rings. The lowest BCUT2D eigenvalue weighted by Gasteiger charge is -2.13. The number of fused-ring (bicyclic) bond motifs is 1. The normalized spacial score (nSPS) is 17.1. The van der Waals surface area contributed by atoms with Crippen molar-refractivity contribution in [1.82, 2.24) is 5.32 Å².